The maximum atomic E-state index is 9.13. The van der Waals surface area contributed by atoms with E-state index in [1.165, 1.54) is 12.8 Å². The molecule has 1 atom stereocenters. The fraction of sp³-hybridized carbons (Fsp3) is 0.500. The molecule has 1 heterocycles. The highest BCUT2D eigenvalue weighted by Crippen LogP contribution is 2.12. The van der Waals surface area contributed by atoms with E-state index in [1.807, 2.05) is 18.2 Å². The summed E-state index contributed by atoms with van der Waals surface area (Å²) < 4.78 is 0. The summed E-state index contributed by atoms with van der Waals surface area (Å²) in [5.41, 5.74) is 1.01. The Morgan fingerprint density at radius 1 is 1.33 bits per heavy atom. The molecule has 0 radical (unpaired) electrons. The third kappa shape index (κ3) is 6.20. The van der Waals surface area contributed by atoms with Gasteiger partial charge in [-0.1, -0.05) is 38.0 Å². The molecule has 0 aliphatic heterocycles. The highest BCUT2D eigenvalue weighted by atomic mass is 14.7. The lowest BCUT2D eigenvalue weighted by Gasteiger charge is -2.06. The van der Waals surface area contributed by atoms with Crippen LogP contribution in [-0.4, -0.2) is 4.98 Å². The summed E-state index contributed by atoms with van der Waals surface area (Å²) >= 11 is 0. The van der Waals surface area contributed by atoms with Gasteiger partial charge in [0.15, 0.2) is 0 Å². The molecule has 0 amide bonds. The lowest BCUT2D eigenvalue weighted by Crippen LogP contribution is -2.02. The van der Waals surface area contributed by atoms with Gasteiger partial charge in [0.05, 0.1) is 12.0 Å². The van der Waals surface area contributed by atoms with Crippen LogP contribution >= 0.6 is 0 Å². The quantitative estimate of drug-likeness (QED) is 0.503. The van der Waals surface area contributed by atoms with Gasteiger partial charge >= 0.3 is 0 Å². The Balaban J connectivity index is 2.26. The molecule has 1 aromatic heterocycles. The van der Waals surface area contributed by atoms with Crippen molar-refractivity contribution >= 4 is 0 Å². The van der Waals surface area contributed by atoms with E-state index in [1.54, 1.807) is 6.20 Å². The van der Waals surface area contributed by atoms with E-state index in [4.69, 9.17) is 5.26 Å². The molecule has 0 bridgehead atoms. The van der Waals surface area contributed by atoms with E-state index in [-0.39, 0.29) is 5.92 Å². The zero-order valence-electron chi connectivity index (χ0n) is 11.2. The van der Waals surface area contributed by atoms with Crippen LogP contribution in [0.5, 0.6) is 0 Å². The minimum atomic E-state index is 0.0794. The summed E-state index contributed by atoms with van der Waals surface area (Å²) in [6.07, 6.45) is 12.6. The van der Waals surface area contributed by atoms with E-state index >= 15 is 0 Å². The Labute approximate surface area is 110 Å². The van der Waals surface area contributed by atoms with Gasteiger partial charge in [0.1, 0.15) is 0 Å². The molecular formula is C16H22N2. The van der Waals surface area contributed by atoms with Crippen LogP contribution in [0.1, 0.15) is 44.7 Å². The van der Waals surface area contributed by atoms with Crippen LogP contribution in [0, 0.1) is 17.2 Å². The van der Waals surface area contributed by atoms with Crippen LogP contribution in [0.25, 0.3) is 0 Å². The zero-order chi connectivity index (χ0) is 13.1. The Morgan fingerprint density at radius 2 is 2.17 bits per heavy atom. The highest BCUT2D eigenvalue weighted by Gasteiger charge is 2.07. The Bertz CT molecular complexity index is 376. The van der Waals surface area contributed by atoms with Gasteiger partial charge in [-0.05, 0) is 31.4 Å². The lowest BCUT2D eigenvalue weighted by molar-refractivity contribution is 0.598. The van der Waals surface area contributed by atoms with Crippen LogP contribution in [0.2, 0.25) is 0 Å². The second-order valence-corrected chi connectivity index (χ2v) is 4.54. The van der Waals surface area contributed by atoms with Crippen LogP contribution in [0.15, 0.2) is 36.5 Å². The molecule has 0 aliphatic rings. The SMILES string of the molecule is CCCC/C=C/CCC(C#N)Cc1ccccn1. The first-order chi connectivity index (χ1) is 8.86. The summed E-state index contributed by atoms with van der Waals surface area (Å²) in [7, 11) is 0. The summed E-state index contributed by atoms with van der Waals surface area (Å²) in [5.74, 6) is 0.0794. The molecule has 0 saturated carbocycles. The molecule has 1 rings (SSSR count). The fourth-order valence-corrected chi connectivity index (χ4v) is 1.84. The van der Waals surface area contributed by atoms with Gasteiger partial charge in [-0.3, -0.25) is 4.98 Å². The van der Waals surface area contributed by atoms with Gasteiger partial charge < -0.3 is 0 Å². The molecule has 0 aromatic carbocycles. The topological polar surface area (TPSA) is 36.7 Å². The van der Waals surface area contributed by atoms with Gasteiger partial charge in [0.2, 0.25) is 0 Å². The lowest BCUT2D eigenvalue weighted by atomic mass is 9.98. The van der Waals surface area contributed by atoms with Crippen molar-refractivity contribution in [1.29, 1.82) is 5.26 Å². The largest absolute Gasteiger partial charge is 0.261 e. The second kappa shape index (κ2) is 9.41. The summed E-state index contributed by atoms with van der Waals surface area (Å²) in [6, 6.07) is 8.24. The Morgan fingerprint density at radius 3 is 2.83 bits per heavy atom. The molecule has 18 heavy (non-hydrogen) atoms. The summed E-state index contributed by atoms with van der Waals surface area (Å²) in [6.45, 7) is 2.20. The number of hydrogen-bond donors (Lipinski definition) is 0. The van der Waals surface area contributed by atoms with Crippen LogP contribution in [0.3, 0.4) is 0 Å². The number of unbranched alkanes of at least 4 members (excludes halogenated alkanes) is 2. The predicted octanol–water partition coefficient (Wildman–Crippen LogP) is 4.29. The van der Waals surface area contributed by atoms with Crippen molar-refractivity contribution in [1.82, 2.24) is 4.98 Å². The minimum Gasteiger partial charge on any atom is -0.261 e. The van der Waals surface area contributed by atoms with Crippen molar-refractivity contribution in [2.24, 2.45) is 5.92 Å². The van der Waals surface area contributed by atoms with E-state index in [9.17, 15) is 0 Å². The monoisotopic (exact) mass is 242 g/mol. The molecule has 0 saturated heterocycles. The Kier molecular flexibility index (Phi) is 7.55. The maximum Gasteiger partial charge on any atom is 0.0659 e. The molecule has 0 aliphatic carbocycles. The number of rotatable bonds is 8. The van der Waals surface area contributed by atoms with Gasteiger partial charge in [-0.25, -0.2) is 0 Å². The van der Waals surface area contributed by atoms with E-state index in [0.717, 1.165) is 31.4 Å². The molecule has 1 aromatic rings. The van der Waals surface area contributed by atoms with Gasteiger partial charge in [0.25, 0.3) is 0 Å². The third-order valence-corrected chi connectivity index (χ3v) is 2.94. The zero-order valence-corrected chi connectivity index (χ0v) is 11.2. The van der Waals surface area contributed by atoms with E-state index in [2.05, 4.69) is 30.1 Å². The molecule has 0 N–H and O–H groups in total. The first-order valence-electron chi connectivity index (χ1n) is 6.81. The normalized spacial score (nSPS) is 12.4. The summed E-state index contributed by atoms with van der Waals surface area (Å²) in [4.78, 5) is 4.27. The minimum absolute atomic E-state index is 0.0794. The van der Waals surface area contributed by atoms with Crippen LogP contribution < -0.4 is 0 Å². The second-order valence-electron chi connectivity index (χ2n) is 4.54. The fourth-order valence-electron chi connectivity index (χ4n) is 1.84. The number of aromatic nitrogens is 1. The van der Waals surface area contributed by atoms with E-state index < -0.39 is 0 Å². The number of nitrogens with zero attached hydrogens (tertiary/aromatic N) is 2. The van der Waals surface area contributed by atoms with Gasteiger partial charge in [0, 0.05) is 18.3 Å². The number of nitriles is 1. The molecule has 0 fully saturated rings. The first kappa shape index (κ1) is 14.4. The number of hydrogen-bond acceptors (Lipinski definition) is 2. The highest BCUT2D eigenvalue weighted by molar-refractivity contribution is 5.06. The Hall–Kier alpha value is -1.62. The summed E-state index contributed by atoms with van der Waals surface area (Å²) in [5, 5.41) is 9.13. The smallest absolute Gasteiger partial charge is 0.0659 e. The average molecular weight is 242 g/mol. The van der Waals surface area contributed by atoms with Crippen LogP contribution in [-0.2, 0) is 6.42 Å². The van der Waals surface area contributed by atoms with Crippen molar-refractivity contribution < 1.29 is 0 Å². The first-order valence-corrected chi connectivity index (χ1v) is 6.81. The van der Waals surface area contributed by atoms with Gasteiger partial charge in [-0.15, -0.1) is 0 Å². The third-order valence-electron chi connectivity index (χ3n) is 2.94. The van der Waals surface area contributed by atoms with Crippen molar-refractivity contribution in [2.75, 3.05) is 0 Å². The van der Waals surface area contributed by atoms with E-state index in [0.29, 0.717) is 0 Å². The van der Waals surface area contributed by atoms with Crippen molar-refractivity contribution in [3.8, 4) is 6.07 Å². The number of allylic oxidation sites excluding steroid dienone is 2. The molecular weight excluding hydrogens is 220 g/mol. The molecule has 1 unspecified atom stereocenters. The maximum absolute atomic E-state index is 9.13. The van der Waals surface area contributed by atoms with Crippen LogP contribution in [0.4, 0.5) is 0 Å². The van der Waals surface area contributed by atoms with Gasteiger partial charge in [-0.2, -0.15) is 5.26 Å². The van der Waals surface area contributed by atoms with Crippen molar-refractivity contribution in [3.63, 3.8) is 0 Å². The van der Waals surface area contributed by atoms with Crippen molar-refractivity contribution in [3.05, 3.63) is 42.2 Å². The standard InChI is InChI=1S/C16H22N2/c1-2-3-4-5-6-7-10-15(14-17)13-16-11-8-9-12-18-16/h5-6,8-9,11-12,15H,2-4,7,10,13H2,1H3/b6-5+. The average Bonchev–Trinajstić information content (AvgIpc) is 2.42. The molecule has 0 spiro atoms. The number of pyridine rings is 1. The predicted molar refractivity (Wildman–Crippen MR) is 74.9 cm³/mol. The molecule has 96 valence electrons. The molecule has 2 nitrogen and oxygen atoms in total. The van der Waals surface area contributed by atoms with Crippen molar-refractivity contribution in [2.45, 2.75) is 45.4 Å². The molecule has 2 heteroatoms.